The normalized spacial score (nSPS) is 16.5. The fraction of sp³-hybridized carbons (Fsp3) is 0.273. The number of fused-ring (bicyclic) bond motifs is 2. The van der Waals surface area contributed by atoms with Crippen molar-refractivity contribution in [1.82, 2.24) is 0 Å². The van der Waals surface area contributed by atoms with Crippen LogP contribution in [0.1, 0.15) is 64.2 Å². The highest BCUT2D eigenvalue weighted by Crippen LogP contribution is 2.57. The van der Waals surface area contributed by atoms with E-state index in [0.717, 1.165) is 11.3 Å². The van der Waals surface area contributed by atoms with Gasteiger partial charge in [0, 0.05) is 0 Å². The van der Waals surface area contributed by atoms with Crippen LogP contribution in [0, 0.1) is 0 Å². The summed E-state index contributed by atoms with van der Waals surface area (Å²) >= 11 is 0. The maximum atomic E-state index is 2.55. The molecular weight excluding hydrogens is 559 g/mol. The van der Waals surface area contributed by atoms with Crippen molar-refractivity contribution in [3.05, 3.63) is 127 Å². The van der Waals surface area contributed by atoms with E-state index in [1.165, 1.54) is 119 Å². The first-order chi connectivity index (χ1) is 22.3. The van der Waals surface area contributed by atoms with E-state index in [9.17, 15) is 0 Å². The first-order valence-corrected chi connectivity index (χ1v) is 18.8. The predicted octanol–water partition coefficient (Wildman–Crippen LogP) is 12.8. The second-order valence-electron chi connectivity index (χ2n) is 13.4. The van der Waals surface area contributed by atoms with Crippen molar-refractivity contribution in [2.75, 3.05) is 0 Å². The molecule has 0 aliphatic heterocycles. The first kappa shape index (κ1) is 28.7. The lowest BCUT2D eigenvalue weighted by Crippen LogP contribution is -2.27. The number of hydrogen-bond acceptors (Lipinski definition) is 0. The van der Waals surface area contributed by atoms with E-state index in [1.807, 2.05) is 0 Å². The van der Waals surface area contributed by atoms with Crippen molar-refractivity contribution in [3.63, 3.8) is 0 Å². The highest BCUT2D eigenvalue weighted by atomic mass is 31.1. The number of benzene rings is 6. The summed E-state index contributed by atoms with van der Waals surface area (Å²) in [7, 11) is -0.256. The summed E-state index contributed by atoms with van der Waals surface area (Å²) < 4.78 is 0. The van der Waals surface area contributed by atoms with Crippen molar-refractivity contribution >= 4 is 34.8 Å². The van der Waals surface area contributed by atoms with Gasteiger partial charge >= 0.3 is 0 Å². The van der Waals surface area contributed by atoms with Gasteiger partial charge in [0.15, 0.2) is 0 Å². The van der Waals surface area contributed by atoms with Gasteiger partial charge in [-0.05, 0) is 109 Å². The number of hydrogen-bond donors (Lipinski definition) is 0. The molecule has 0 atom stereocenters. The summed E-state index contributed by atoms with van der Waals surface area (Å²) in [6, 6.07) is 48.4. The van der Waals surface area contributed by atoms with Crippen LogP contribution in [0.4, 0.5) is 0 Å². The molecule has 6 aromatic carbocycles. The van der Waals surface area contributed by atoms with E-state index in [2.05, 4.69) is 127 Å². The molecule has 0 radical (unpaired) electrons. The Hall–Kier alpha value is -3.73. The van der Waals surface area contributed by atoms with E-state index < -0.39 is 0 Å². The van der Waals surface area contributed by atoms with Crippen molar-refractivity contribution in [2.45, 2.75) is 75.5 Å². The third-order valence-corrected chi connectivity index (χ3v) is 14.1. The van der Waals surface area contributed by atoms with Gasteiger partial charge in [0.25, 0.3) is 0 Å². The Morgan fingerprint density at radius 3 is 1.36 bits per heavy atom. The molecule has 45 heavy (non-hydrogen) atoms. The van der Waals surface area contributed by atoms with Crippen molar-refractivity contribution in [1.29, 1.82) is 0 Å². The summed E-state index contributed by atoms with van der Waals surface area (Å²) in [5.41, 5.74) is 9.91. The minimum atomic E-state index is -0.256. The fourth-order valence-corrected chi connectivity index (χ4v) is 12.3. The molecule has 2 aliphatic carbocycles. The minimum Gasteiger partial charge on any atom is -0.0683 e. The maximum absolute atomic E-state index is 2.55. The van der Waals surface area contributed by atoms with Gasteiger partial charge in [-0.1, -0.05) is 162 Å². The van der Waals surface area contributed by atoms with Gasteiger partial charge in [0.2, 0.25) is 0 Å². The molecule has 2 aliphatic rings. The Morgan fingerprint density at radius 1 is 0.378 bits per heavy atom. The minimum absolute atomic E-state index is 0.256. The van der Waals surface area contributed by atoms with E-state index in [1.54, 1.807) is 5.30 Å². The van der Waals surface area contributed by atoms with Crippen LogP contribution >= 0.6 is 7.92 Å². The van der Waals surface area contributed by atoms with Gasteiger partial charge in [-0.15, -0.1) is 0 Å². The monoisotopic (exact) mass is 602 g/mol. The molecular formula is C44H43P. The SMILES string of the molecule is c1ccc(P(C2CCCCC2)C2CCCCC2)c(-c2c(-c3ccc4ccccc4c3)cccc2-c2ccc3ccccc3c2)c1. The molecule has 0 heterocycles. The zero-order chi connectivity index (χ0) is 30.0. The van der Waals surface area contributed by atoms with Crippen LogP contribution in [0.2, 0.25) is 0 Å². The molecule has 8 rings (SSSR count). The van der Waals surface area contributed by atoms with E-state index >= 15 is 0 Å². The molecule has 0 nitrogen and oxygen atoms in total. The fourth-order valence-electron chi connectivity index (χ4n) is 8.36. The molecule has 0 N–H and O–H groups in total. The van der Waals surface area contributed by atoms with Crippen molar-refractivity contribution in [3.8, 4) is 33.4 Å². The molecule has 0 aromatic heterocycles. The third-order valence-electron chi connectivity index (χ3n) is 10.6. The molecule has 0 bridgehead atoms. The predicted molar refractivity (Wildman–Crippen MR) is 198 cm³/mol. The van der Waals surface area contributed by atoms with Crippen LogP contribution in [0.3, 0.4) is 0 Å². The average molecular weight is 603 g/mol. The zero-order valence-electron chi connectivity index (χ0n) is 26.3. The van der Waals surface area contributed by atoms with Crippen LogP contribution in [-0.2, 0) is 0 Å². The second-order valence-corrected chi connectivity index (χ2v) is 16.1. The lowest BCUT2D eigenvalue weighted by Gasteiger charge is -2.40. The van der Waals surface area contributed by atoms with Gasteiger partial charge in [-0.2, -0.15) is 0 Å². The van der Waals surface area contributed by atoms with Crippen LogP contribution in [-0.4, -0.2) is 11.3 Å². The maximum Gasteiger partial charge on any atom is -0.00204 e. The smallest absolute Gasteiger partial charge is 0.00204 e. The Kier molecular flexibility index (Phi) is 8.26. The molecule has 1 heteroatoms. The molecule has 0 saturated heterocycles. The zero-order valence-corrected chi connectivity index (χ0v) is 27.2. The Morgan fingerprint density at radius 2 is 0.822 bits per heavy atom. The van der Waals surface area contributed by atoms with Crippen LogP contribution in [0.25, 0.3) is 54.9 Å². The van der Waals surface area contributed by atoms with E-state index in [-0.39, 0.29) is 7.92 Å². The highest BCUT2D eigenvalue weighted by molar-refractivity contribution is 7.67. The summed E-state index contributed by atoms with van der Waals surface area (Å²) in [5, 5.41) is 6.87. The van der Waals surface area contributed by atoms with E-state index in [4.69, 9.17) is 0 Å². The van der Waals surface area contributed by atoms with Gasteiger partial charge in [-0.25, -0.2) is 0 Å². The molecule has 2 saturated carbocycles. The van der Waals surface area contributed by atoms with Gasteiger partial charge < -0.3 is 0 Å². The molecule has 0 amide bonds. The molecule has 224 valence electrons. The van der Waals surface area contributed by atoms with Crippen molar-refractivity contribution in [2.24, 2.45) is 0 Å². The quantitative estimate of drug-likeness (QED) is 0.166. The van der Waals surface area contributed by atoms with Gasteiger partial charge in [-0.3, -0.25) is 0 Å². The van der Waals surface area contributed by atoms with Crippen LogP contribution in [0.5, 0.6) is 0 Å². The summed E-state index contributed by atoms with van der Waals surface area (Å²) in [4.78, 5) is 0. The molecule has 2 fully saturated rings. The van der Waals surface area contributed by atoms with E-state index in [0.29, 0.717) is 0 Å². The van der Waals surface area contributed by atoms with Crippen LogP contribution in [0.15, 0.2) is 127 Å². The van der Waals surface area contributed by atoms with Gasteiger partial charge in [0.1, 0.15) is 0 Å². The first-order valence-electron chi connectivity index (χ1n) is 17.3. The average Bonchev–Trinajstić information content (AvgIpc) is 3.12. The topological polar surface area (TPSA) is 0 Å². The highest BCUT2D eigenvalue weighted by Gasteiger charge is 2.34. The summed E-state index contributed by atoms with van der Waals surface area (Å²) in [6.07, 6.45) is 14.2. The lowest BCUT2D eigenvalue weighted by atomic mass is 9.86. The summed E-state index contributed by atoms with van der Waals surface area (Å²) in [5.74, 6) is 0. The van der Waals surface area contributed by atoms with Crippen LogP contribution < -0.4 is 5.30 Å². The Bertz CT molecular complexity index is 1820. The van der Waals surface area contributed by atoms with Crippen molar-refractivity contribution < 1.29 is 0 Å². The molecule has 0 unspecified atom stereocenters. The molecule has 6 aromatic rings. The summed E-state index contributed by atoms with van der Waals surface area (Å²) in [6.45, 7) is 0. The third kappa shape index (κ3) is 5.75. The second kappa shape index (κ2) is 12.9. The lowest BCUT2D eigenvalue weighted by molar-refractivity contribution is 0.487. The van der Waals surface area contributed by atoms with Gasteiger partial charge in [0.05, 0.1) is 0 Å². The largest absolute Gasteiger partial charge is 0.0683 e. The molecule has 0 spiro atoms. The standard InChI is InChI=1S/C44H43P/c1-3-18-38(19-4-1)45(39-20-5-2-6-21-39)43-25-12-11-22-42(43)44-40(36-28-26-32-14-7-9-16-34(32)30-36)23-13-24-41(44)37-29-27-33-15-8-10-17-35(33)31-37/h7-17,22-31,38-39H,1-6,18-21H2. The number of rotatable bonds is 6. The Labute approximate surface area is 270 Å². The Balaban J connectivity index is 1.37.